The van der Waals surface area contributed by atoms with Crippen LogP contribution >= 0.6 is 11.3 Å². The van der Waals surface area contributed by atoms with E-state index in [-0.39, 0.29) is 36.8 Å². The molecular weight excluding hydrogens is 352 g/mol. The normalized spacial score (nSPS) is 16.4. The van der Waals surface area contributed by atoms with E-state index in [1.807, 2.05) is 11.4 Å². The standard InChI is InChI=1S/C19H22N2O4S/c22-16-7-2-1-5-14(16)12-21(13-15-6-3-9-25-15)18(23)11-20-19(24)17-8-4-10-26-17/h1-2,4-5,7-8,10,15,22H,3,6,9,11-13H2,(H,20,24). The molecule has 0 spiro atoms. The number of phenolic OH excluding ortho intramolecular Hbond substituents is 1. The van der Waals surface area contributed by atoms with Crippen LogP contribution in [0.5, 0.6) is 5.75 Å². The number of amides is 2. The molecule has 1 saturated heterocycles. The van der Waals surface area contributed by atoms with E-state index < -0.39 is 0 Å². The quantitative estimate of drug-likeness (QED) is 0.780. The van der Waals surface area contributed by atoms with Crippen LogP contribution in [-0.4, -0.2) is 47.6 Å². The SMILES string of the molecule is O=C(NCC(=O)N(Cc1ccccc1O)CC1CCCO1)c1cccs1. The van der Waals surface area contributed by atoms with Gasteiger partial charge in [0.05, 0.1) is 17.5 Å². The lowest BCUT2D eigenvalue weighted by Crippen LogP contribution is -2.43. The van der Waals surface area contributed by atoms with E-state index in [2.05, 4.69) is 5.32 Å². The molecule has 3 rings (SSSR count). The van der Waals surface area contributed by atoms with Crippen LogP contribution in [0.2, 0.25) is 0 Å². The Bertz CT molecular complexity index is 742. The number of hydrogen-bond donors (Lipinski definition) is 2. The molecule has 0 bridgehead atoms. The zero-order valence-corrected chi connectivity index (χ0v) is 15.2. The molecule has 138 valence electrons. The van der Waals surface area contributed by atoms with Gasteiger partial charge in [0.2, 0.25) is 5.91 Å². The molecule has 2 N–H and O–H groups in total. The van der Waals surface area contributed by atoms with Crippen molar-refractivity contribution >= 4 is 23.2 Å². The van der Waals surface area contributed by atoms with E-state index in [1.54, 1.807) is 35.2 Å². The van der Waals surface area contributed by atoms with Crippen LogP contribution in [0.4, 0.5) is 0 Å². The molecule has 1 unspecified atom stereocenters. The van der Waals surface area contributed by atoms with E-state index in [0.29, 0.717) is 23.6 Å². The molecule has 1 fully saturated rings. The summed E-state index contributed by atoms with van der Waals surface area (Å²) in [6.45, 7) is 1.34. The highest BCUT2D eigenvalue weighted by Gasteiger charge is 2.24. The number of rotatable bonds is 7. The Morgan fingerprint density at radius 1 is 1.27 bits per heavy atom. The van der Waals surface area contributed by atoms with Gasteiger partial charge in [0.1, 0.15) is 5.75 Å². The lowest BCUT2D eigenvalue weighted by atomic mass is 10.1. The van der Waals surface area contributed by atoms with Gasteiger partial charge in [-0.2, -0.15) is 0 Å². The minimum absolute atomic E-state index is 0.00203. The van der Waals surface area contributed by atoms with Crippen LogP contribution in [-0.2, 0) is 16.1 Å². The van der Waals surface area contributed by atoms with Crippen molar-refractivity contribution in [1.29, 1.82) is 0 Å². The Morgan fingerprint density at radius 3 is 2.81 bits per heavy atom. The molecule has 2 aromatic rings. The number of aromatic hydroxyl groups is 1. The van der Waals surface area contributed by atoms with Gasteiger partial charge in [0, 0.05) is 25.3 Å². The summed E-state index contributed by atoms with van der Waals surface area (Å²) in [4.78, 5) is 27.0. The topological polar surface area (TPSA) is 78.9 Å². The summed E-state index contributed by atoms with van der Waals surface area (Å²) in [5, 5.41) is 14.5. The lowest BCUT2D eigenvalue weighted by molar-refractivity contribution is -0.132. The van der Waals surface area contributed by atoms with Gasteiger partial charge in [-0.3, -0.25) is 9.59 Å². The highest BCUT2D eigenvalue weighted by molar-refractivity contribution is 7.12. The first-order chi connectivity index (χ1) is 12.6. The number of thiophene rings is 1. The molecule has 1 aliphatic rings. The van der Waals surface area contributed by atoms with Crippen molar-refractivity contribution in [2.75, 3.05) is 19.7 Å². The van der Waals surface area contributed by atoms with Crippen molar-refractivity contribution in [3.8, 4) is 5.75 Å². The number of nitrogens with zero attached hydrogens (tertiary/aromatic N) is 1. The molecule has 1 atom stereocenters. The van der Waals surface area contributed by atoms with Crippen LogP contribution in [0.15, 0.2) is 41.8 Å². The molecule has 0 radical (unpaired) electrons. The zero-order chi connectivity index (χ0) is 18.4. The van der Waals surface area contributed by atoms with Crippen molar-refractivity contribution in [2.24, 2.45) is 0 Å². The summed E-state index contributed by atoms with van der Waals surface area (Å²) in [6, 6.07) is 10.5. The van der Waals surface area contributed by atoms with Gasteiger partial charge in [-0.15, -0.1) is 11.3 Å². The van der Waals surface area contributed by atoms with Crippen LogP contribution in [0.25, 0.3) is 0 Å². The van der Waals surface area contributed by atoms with Crippen molar-refractivity contribution in [3.05, 3.63) is 52.2 Å². The minimum atomic E-state index is -0.257. The van der Waals surface area contributed by atoms with Gasteiger partial charge >= 0.3 is 0 Å². The molecule has 0 saturated carbocycles. The minimum Gasteiger partial charge on any atom is -0.508 e. The predicted molar refractivity (Wildman–Crippen MR) is 99.2 cm³/mol. The molecule has 26 heavy (non-hydrogen) atoms. The summed E-state index contributed by atoms with van der Waals surface area (Å²) in [5.41, 5.74) is 0.670. The largest absolute Gasteiger partial charge is 0.508 e. The second kappa shape index (κ2) is 8.82. The highest BCUT2D eigenvalue weighted by Crippen LogP contribution is 2.20. The predicted octanol–water partition coefficient (Wildman–Crippen LogP) is 2.39. The fourth-order valence-corrected chi connectivity index (χ4v) is 3.54. The van der Waals surface area contributed by atoms with Gasteiger partial charge < -0.3 is 20.1 Å². The summed E-state index contributed by atoms with van der Waals surface area (Å²) >= 11 is 1.33. The van der Waals surface area contributed by atoms with Gasteiger partial charge in [0.25, 0.3) is 5.91 Å². The first-order valence-electron chi connectivity index (χ1n) is 8.61. The number of phenols is 1. The Balaban J connectivity index is 1.64. The fourth-order valence-electron chi connectivity index (χ4n) is 2.90. The Kier molecular flexibility index (Phi) is 6.25. The molecule has 1 aliphatic heterocycles. The molecule has 7 heteroatoms. The second-order valence-corrected chi connectivity index (χ2v) is 7.15. The monoisotopic (exact) mass is 374 g/mol. The maximum atomic E-state index is 12.7. The van der Waals surface area contributed by atoms with Crippen LogP contribution in [0, 0.1) is 0 Å². The molecule has 1 aromatic heterocycles. The van der Waals surface area contributed by atoms with Crippen molar-refractivity contribution in [1.82, 2.24) is 10.2 Å². The summed E-state index contributed by atoms with van der Waals surface area (Å²) in [5.74, 6) is -0.304. The number of ether oxygens (including phenoxy) is 1. The van der Waals surface area contributed by atoms with Gasteiger partial charge in [-0.05, 0) is 30.4 Å². The molecule has 2 heterocycles. The average Bonchev–Trinajstić information content (AvgIpc) is 3.34. The number of carbonyl (C=O) groups excluding carboxylic acids is 2. The van der Waals surface area contributed by atoms with Crippen LogP contribution < -0.4 is 5.32 Å². The maximum Gasteiger partial charge on any atom is 0.261 e. The van der Waals surface area contributed by atoms with Crippen molar-refractivity contribution < 1.29 is 19.4 Å². The number of hydrogen-bond acceptors (Lipinski definition) is 5. The number of carbonyl (C=O) groups is 2. The second-order valence-electron chi connectivity index (χ2n) is 6.20. The lowest BCUT2D eigenvalue weighted by Gasteiger charge is -2.26. The first-order valence-corrected chi connectivity index (χ1v) is 9.49. The summed E-state index contributed by atoms with van der Waals surface area (Å²) in [6.07, 6.45) is 1.89. The number of benzene rings is 1. The molecule has 2 amide bonds. The van der Waals surface area contributed by atoms with E-state index in [0.717, 1.165) is 12.8 Å². The summed E-state index contributed by atoms with van der Waals surface area (Å²) in [7, 11) is 0. The summed E-state index contributed by atoms with van der Waals surface area (Å²) < 4.78 is 5.64. The van der Waals surface area contributed by atoms with E-state index in [9.17, 15) is 14.7 Å². The van der Waals surface area contributed by atoms with Gasteiger partial charge in [0.15, 0.2) is 0 Å². The highest BCUT2D eigenvalue weighted by atomic mass is 32.1. The third-order valence-corrected chi connectivity index (χ3v) is 5.17. The van der Waals surface area contributed by atoms with Crippen molar-refractivity contribution in [2.45, 2.75) is 25.5 Å². The Labute approximate surface area is 156 Å². The third-order valence-electron chi connectivity index (χ3n) is 4.30. The number of para-hydroxylation sites is 1. The van der Waals surface area contributed by atoms with Gasteiger partial charge in [-0.1, -0.05) is 24.3 Å². The smallest absolute Gasteiger partial charge is 0.261 e. The van der Waals surface area contributed by atoms with E-state index >= 15 is 0 Å². The van der Waals surface area contributed by atoms with E-state index in [4.69, 9.17) is 4.74 Å². The first kappa shape index (κ1) is 18.4. The molecular formula is C19H22N2O4S. The van der Waals surface area contributed by atoms with Crippen LogP contribution in [0.1, 0.15) is 28.1 Å². The average molecular weight is 374 g/mol. The van der Waals surface area contributed by atoms with Crippen LogP contribution in [0.3, 0.4) is 0 Å². The van der Waals surface area contributed by atoms with Gasteiger partial charge in [-0.25, -0.2) is 0 Å². The van der Waals surface area contributed by atoms with Crippen molar-refractivity contribution in [3.63, 3.8) is 0 Å². The number of nitrogens with one attached hydrogen (secondary N) is 1. The van der Waals surface area contributed by atoms with E-state index in [1.165, 1.54) is 11.3 Å². The third kappa shape index (κ3) is 4.83. The maximum absolute atomic E-state index is 12.7. The Hall–Kier alpha value is -2.38. The Morgan fingerprint density at radius 2 is 2.12 bits per heavy atom. The fraction of sp³-hybridized carbons (Fsp3) is 0.368. The molecule has 6 nitrogen and oxygen atoms in total. The zero-order valence-electron chi connectivity index (χ0n) is 14.4. The molecule has 0 aliphatic carbocycles. The molecule has 1 aromatic carbocycles.